The van der Waals surface area contributed by atoms with Gasteiger partial charge in [-0.25, -0.2) is 0 Å². The van der Waals surface area contributed by atoms with Crippen LogP contribution in [0.1, 0.15) is 22.1 Å². The molecule has 0 saturated carbocycles. The molecule has 0 aliphatic rings. The third-order valence-corrected chi connectivity index (χ3v) is 5.01. The van der Waals surface area contributed by atoms with E-state index in [1.165, 1.54) is 21.9 Å². The summed E-state index contributed by atoms with van der Waals surface area (Å²) in [6.45, 7) is 2.12. The molecule has 0 bridgehead atoms. The Morgan fingerprint density at radius 3 is 2.29 bits per heavy atom. The minimum Gasteiger partial charge on any atom is -0.113 e. The summed E-state index contributed by atoms with van der Waals surface area (Å²) in [5, 5.41) is 2.26. The maximum atomic E-state index is 6.82. The van der Waals surface area contributed by atoms with E-state index >= 15 is 0 Å². The highest BCUT2D eigenvalue weighted by molar-refractivity contribution is 9.11. The van der Waals surface area contributed by atoms with E-state index in [1.54, 1.807) is 0 Å². The van der Waals surface area contributed by atoms with E-state index in [-0.39, 0.29) is 5.38 Å². The van der Waals surface area contributed by atoms with Gasteiger partial charge in [-0.3, -0.25) is 0 Å². The third kappa shape index (κ3) is 3.03. The summed E-state index contributed by atoms with van der Waals surface area (Å²) < 4.78 is 2.05. The lowest BCUT2D eigenvalue weighted by Gasteiger charge is -2.17. The summed E-state index contributed by atoms with van der Waals surface area (Å²) in [6.07, 6.45) is 0. The van der Waals surface area contributed by atoms with Gasteiger partial charge in [0.25, 0.3) is 0 Å². The number of alkyl halides is 1. The molecule has 0 radical (unpaired) electrons. The van der Waals surface area contributed by atoms with E-state index in [9.17, 15) is 0 Å². The molecule has 1 atom stereocenters. The molecule has 3 heteroatoms. The van der Waals surface area contributed by atoms with Gasteiger partial charge in [0.1, 0.15) is 0 Å². The minimum atomic E-state index is -0.176. The zero-order valence-corrected chi connectivity index (χ0v) is 15.3. The zero-order valence-electron chi connectivity index (χ0n) is 11.4. The molecule has 0 aliphatic heterocycles. The predicted octanol–water partition coefficient (Wildman–Crippen LogP) is 7.00. The van der Waals surface area contributed by atoms with E-state index in [1.807, 2.05) is 6.07 Å². The summed E-state index contributed by atoms with van der Waals surface area (Å²) in [5.41, 5.74) is 3.47. The lowest BCUT2D eigenvalue weighted by atomic mass is 9.94. The second kappa shape index (κ2) is 6.12. The molecule has 0 aliphatic carbocycles. The topological polar surface area (TPSA) is 0 Å². The van der Waals surface area contributed by atoms with Crippen LogP contribution in [-0.2, 0) is 0 Å². The lowest BCUT2D eigenvalue weighted by molar-refractivity contribution is 1.12. The van der Waals surface area contributed by atoms with Gasteiger partial charge in [0.2, 0.25) is 0 Å². The van der Waals surface area contributed by atoms with Gasteiger partial charge in [-0.05, 0) is 52.6 Å². The van der Waals surface area contributed by atoms with E-state index in [4.69, 9.17) is 11.6 Å². The number of aryl methyl sites for hydroxylation is 1. The number of hydrogen-bond acceptors (Lipinski definition) is 0. The first-order chi connectivity index (χ1) is 10.1. The summed E-state index contributed by atoms with van der Waals surface area (Å²) in [7, 11) is 0. The van der Waals surface area contributed by atoms with Gasteiger partial charge in [-0.1, -0.05) is 68.3 Å². The van der Waals surface area contributed by atoms with Crippen LogP contribution < -0.4 is 0 Å². The predicted molar refractivity (Wildman–Crippen MR) is 98.2 cm³/mol. The minimum absolute atomic E-state index is 0.176. The first-order valence-electron chi connectivity index (χ1n) is 6.64. The summed E-state index contributed by atoms with van der Waals surface area (Å²) in [6, 6.07) is 18.8. The second-order valence-corrected chi connectivity index (χ2v) is 7.35. The SMILES string of the molecule is Cc1ccc2ccccc2c1C(Cl)c1cc(Br)cc(Br)c1. The first-order valence-corrected chi connectivity index (χ1v) is 8.67. The Morgan fingerprint density at radius 1 is 0.905 bits per heavy atom. The molecule has 106 valence electrons. The van der Waals surface area contributed by atoms with Gasteiger partial charge in [0.15, 0.2) is 0 Å². The van der Waals surface area contributed by atoms with Crippen molar-refractivity contribution in [2.75, 3.05) is 0 Å². The van der Waals surface area contributed by atoms with Crippen LogP contribution >= 0.6 is 43.5 Å². The molecule has 0 fully saturated rings. The van der Waals surface area contributed by atoms with Gasteiger partial charge in [0.05, 0.1) is 5.38 Å². The van der Waals surface area contributed by atoms with Crippen molar-refractivity contribution in [3.05, 3.63) is 80.2 Å². The van der Waals surface area contributed by atoms with Crippen molar-refractivity contribution in [1.29, 1.82) is 0 Å². The summed E-state index contributed by atoms with van der Waals surface area (Å²) >= 11 is 13.9. The van der Waals surface area contributed by atoms with Crippen LogP contribution in [0.4, 0.5) is 0 Å². The Labute approximate surface area is 146 Å². The summed E-state index contributed by atoms with van der Waals surface area (Å²) in [4.78, 5) is 0. The fourth-order valence-corrected chi connectivity index (χ4v) is 4.37. The average molecular weight is 425 g/mol. The number of halogens is 3. The van der Waals surface area contributed by atoms with E-state index in [0.717, 1.165) is 14.5 Å². The van der Waals surface area contributed by atoms with Crippen LogP contribution in [0.5, 0.6) is 0 Å². The second-order valence-electron chi connectivity index (χ2n) is 5.08. The molecule has 0 spiro atoms. The van der Waals surface area contributed by atoms with Gasteiger partial charge in [0, 0.05) is 8.95 Å². The molecule has 21 heavy (non-hydrogen) atoms. The van der Waals surface area contributed by atoms with E-state index in [2.05, 4.69) is 87.3 Å². The van der Waals surface area contributed by atoms with Crippen molar-refractivity contribution in [3.63, 3.8) is 0 Å². The van der Waals surface area contributed by atoms with Crippen molar-refractivity contribution >= 4 is 54.2 Å². The maximum Gasteiger partial charge on any atom is 0.0844 e. The van der Waals surface area contributed by atoms with Crippen molar-refractivity contribution in [1.82, 2.24) is 0 Å². The molecule has 3 aromatic rings. The third-order valence-electron chi connectivity index (χ3n) is 3.62. The maximum absolute atomic E-state index is 6.82. The quantitative estimate of drug-likeness (QED) is 0.389. The van der Waals surface area contributed by atoms with E-state index < -0.39 is 0 Å². The van der Waals surface area contributed by atoms with Crippen LogP contribution in [0.3, 0.4) is 0 Å². The first kappa shape index (κ1) is 15.1. The Kier molecular flexibility index (Phi) is 4.39. The average Bonchev–Trinajstić information content (AvgIpc) is 2.45. The summed E-state index contributed by atoms with van der Waals surface area (Å²) in [5.74, 6) is 0. The van der Waals surface area contributed by atoms with Crippen LogP contribution in [0.25, 0.3) is 10.8 Å². The molecule has 0 nitrogen and oxygen atoms in total. The highest BCUT2D eigenvalue weighted by atomic mass is 79.9. The van der Waals surface area contributed by atoms with Crippen molar-refractivity contribution < 1.29 is 0 Å². The molecule has 1 unspecified atom stereocenters. The van der Waals surface area contributed by atoms with Gasteiger partial charge < -0.3 is 0 Å². The normalized spacial score (nSPS) is 12.6. The van der Waals surface area contributed by atoms with Gasteiger partial charge in [-0.2, -0.15) is 0 Å². The monoisotopic (exact) mass is 422 g/mol. The van der Waals surface area contributed by atoms with Crippen molar-refractivity contribution in [2.24, 2.45) is 0 Å². The highest BCUT2D eigenvalue weighted by Gasteiger charge is 2.17. The van der Waals surface area contributed by atoms with E-state index in [0.29, 0.717) is 0 Å². The Balaban J connectivity index is 2.21. The molecule has 0 heterocycles. The molecule has 0 aromatic heterocycles. The van der Waals surface area contributed by atoms with Gasteiger partial charge >= 0.3 is 0 Å². The number of benzene rings is 3. The Hall–Kier alpha value is -0.830. The number of rotatable bonds is 2. The molecule has 0 N–H and O–H groups in total. The van der Waals surface area contributed by atoms with Crippen LogP contribution in [0, 0.1) is 6.92 Å². The van der Waals surface area contributed by atoms with Gasteiger partial charge in [-0.15, -0.1) is 11.6 Å². The molecule has 0 saturated heterocycles. The molecular weight excluding hydrogens is 411 g/mol. The Morgan fingerprint density at radius 2 is 1.57 bits per heavy atom. The largest absolute Gasteiger partial charge is 0.113 e. The molecule has 3 rings (SSSR count). The van der Waals surface area contributed by atoms with Crippen molar-refractivity contribution in [3.8, 4) is 0 Å². The zero-order chi connectivity index (χ0) is 15.0. The fraction of sp³-hybridized carbons (Fsp3) is 0.111. The Bertz CT molecular complexity index is 791. The molecular formula is C18H13Br2Cl. The fourth-order valence-electron chi connectivity index (χ4n) is 2.63. The van der Waals surface area contributed by atoms with Crippen LogP contribution in [0.15, 0.2) is 63.5 Å². The smallest absolute Gasteiger partial charge is 0.0844 e. The number of hydrogen-bond donors (Lipinski definition) is 0. The van der Waals surface area contributed by atoms with Crippen molar-refractivity contribution in [2.45, 2.75) is 12.3 Å². The molecule has 3 aromatic carbocycles. The molecule has 0 amide bonds. The number of fused-ring (bicyclic) bond motifs is 1. The lowest BCUT2D eigenvalue weighted by Crippen LogP contribution is -1.98. The standard InChI is InChI=1S/C18H13Br2Cl/c1-11-6-7-12-4-2-3-5-16(12)17(11)18(21)13-8-14(19)10-15(20)9-13/h2-10,18H,1H3. The van der Waals surface area contributed by atoms with Crippen LogP contribution in [0.2, 0.25) is 0 Å². The highest BCUT2D eigenvalue weighted by Crippen LogP contribution is 2.38. The van der Waals surface area contributed by atoms with Crippen LogP contribution in [-0.4, -0.2) is 0 Å².